The minimum atomic E-state index is 0.652. The summed E-state index contributed by atoms with van der Waals surface area (Å²) in [6, 6.07) is 6.19. The fraction of sp³-hybridized carbons (Fsp3) is 0.222. The number of hydrogen-bond acceptors (Lipinski definition) is 2. The fourth-order valence-corrected chi connectivity index (χ4v) is 1.14. The third-order valence-electron chi connectivity index (χ3n) is 1.75. The van der Waals surface area contributed by atoms with Crippen molar-refractivity contribution in [3.63, 3.8) is 0 Å². The summed E-state index contributed by atoms with van der Waals surface area (Å²) in [5, 5.41) is 0. The van der Waals surface area contributed by atoms with Gasteiger partial charge in [0.15, 0.2) is 6.40 Å². The molecule has 1 aromatic carbocycles. The molecule has 2 rings (SSSR count). The van der Waals surface area contributed by atoms with Crippen LogP contribution in [-0.2, 0) is 11.3 Å². The Kier molecular flexibility index (Phi) is 1.39. The minimum Gasteiger partial charge on any atom is -0.478 e. The van der Waals surface area contributed by atoms with Gasteiger partial charge in [-0.25, -0.2) is 4.99 Å². The maximum Gasteiger partial charge on any atom is 0.175 e. The maximum atomic E-state index is 5.04. The Labute approximate surface area is 65.5 Å². The molecule has 11 heavy (non-hydrogen) atoms. The van der Waals surface area contributed by atoms with Crippen LogP contribution >= 0.6 is 0 Å². The van der Waals surface area contributed by atoms with Gasteiger partial charge in [-0.3, -0.25) is 0 Å². The Bertz CT molecular complexity index is 304. The SMILES string of the molecule is Cc1ccc2c(c1)N=COC2. The lowest BCUT2D eigenvalue weighted by Crippen LogP contribution is -1.96. The number of ether oxygens (including phenoxy) is 1. The number of hydrogen-bond donors (Lipinski definition) is 0. The first-order valence-electron chi connectivity index (χ1n) is 3.60. The Morgan fingerprint density at radius 2 is 2.36 bits per heavy atom. The number of aryl methyl sites for hydroxylation is 1. The van der Waals surface area contributed by atoms with Crippen molar-refractivity contribution in [2.75, 3.05) is 0 Å². The topological polar surface area (TPSA) is 21.6 Å². The largest absolute Gasteiger partial charge is 0.478 e. The first kappa shape index (κ1) is 6.40. The third-order valence-corrected chi connectivity index (χ3v) is 1.75. The molecule has 2 heteroatoms. The molecule has 0 spiro atoms. The molecule has 0 radical (unpaired) electrons. The average molecular weight is 147 g/mol. The van der Waals surface area contributed by atoms with Crippen LogP contribution in [0, 0.1) is 6.92 Å². The van der Waals surface area contributed by atoms with Gasteiger partial charge in [-0.05, 0) is 18.6 Å². The number of fused-ring (bicyclic) bond motifs is 1. The van der Waals surface area contributed by atoms with E-state index in [9.17, 15) is 0 Å². The molecule has 0 saturated carbocycles. The van der Waals surface area contributed by atoms with Crippen molar-refractivity contribution in [1.82, 2.24) is 0 Å². The second-order valence-corrected chi connectivity index (χ2v) is 2.68. The van der Waals surface area contributed by atoms with Gasteiger partial charge in [-0.1, -0.05) is 12.1 Å². The zero-order valence-corrected chi connectivity index (χ0v) is 6.37. The van der Waals surface area contributed by atoms with Crippen molar-refractivity contribution in [3.05, 3.63) is 29.3 Å². The summed E-state index contributed by atoms with van der Waals surface area (Å²) in [5.74, 6) is 0. The third kappa shape index (κ3) is 1.11. The summed E-state index contributed by atoms with van der Waals surface area (Å²) in [6.07, 6.45) is 1.50. The highest BCUT2D eigenvalue weighted by Crippen LogP contribution is 2.23. The zero-order chi connectivity index (χ0) is 7.68. The molecule has 0 bridgehead atoms. The van der Waals surface area contributed by atoms with Gasteiger partial charge in [-0.15, -0.1) is 0 Å². The zero-order valence-electron chi connectivity index (χ0n) is 6.37. The van der Waals surface area contributed by atoms with Gasteiger partial charge in [0.2, 0.25) is 0 Å². The Hall–Kier alpha value is -1.31. The highest BCUT2D eigenvalue weighted by atomic mass is 16.5. The average Bonchev–Trinajstić information content (AvgIpc) is 2.04. The highest BCUT2D eigenvalue weighted by Gasteiger charge is 2.04. The van der Waals surface area contributed by atoms with Crippen molar-refractivity contribution < 1.29 is 4.74 Å². The molecule has 1 aliphatic rings. The molecule has 0 amide bonds. The van der Waals surface area contributed by atoms with Crippen molar-refractivity contribution in [1.29, 1.82) is 0 Å². The Morgan fingerprint density at radius 3 is 3.27 bits per heavy atom. The van der Waals surface area contributed by atoms with Crippen LogP contribution in [0.4, 0.5) is 5.69 Å². The number of benzene rings is 1. The lowest BCUT2D eigenvalue weighted by molar-refractivity contribution is 0.303. The fourth-order valence-electron chi connectivity index (χ4n) is 1.14. The number of rotatable bonds is 0. The van der Waals surface area contributed by atoms with Crippen molar-refractivity contribution >= 4 is 12.1 Å². The van der Waals surface area contributed by atoms with E-state index in [4.69, 9.17) is 4.74 Å². The molecule has 0 atom stereocenters. The van der Waals surface area contributed by atoms with Crippen LogP contribution in [0.2, 0.25) is 0 Å². The van der Waals surface area contributed by atoms with Crippen LogP contribution in [0.25, 0.3) is 0 Å². The lowest BCUT2D eigenvalue weighted by Gasteiger charge is -2.10. The molecule has 0 aliphatic carbocycles. The van der Waals surface area contributed by atoms with Crippen LogP contribution in [0.5, 0.6) is 0 Å². The minimum absolute atomic E-state index is 0.652. The quantitative estimate of drug-likeness (QED) is 0.551. The van der Waals surface area contributed by atoms with E-state index < -0.39 is 0 Å². The van der Waals surface area contributed by atoms with Gasteiger partial charge in [0, 0.05) is 5.56 Å². The van der Waals surface area contributed by atoms with E-state index in [0.717, 1.165) is 11.3 Å². The molecular formula is C9H9NO. The van der Waals surface area contributed by atoms with Crippen LogP contribution in [0.1, 0.15) is 11.1 Å². The predicted octanol–water partition coefficient (Wildman–Crippen LogP) is 2.19. The molecule has 0 unspecified atom stereocenters. The van der Waals surface area contributed by atoms with Gasteiger partial charge in [0.1, 0.15) is 6.61 Å². The first-order chi connectivity index (χ1) is 5.36. The Balaban J connectivity index is 2.54. The molecule has 2 nitrogen and oxygen atoms in total. The summed E-state index contributed by atoms with van der Waals surface area (Å²) in [5.41, 5.74) is 3.44. The van der Waals surface area contributed by atoms with E-state index in [1.54, 1.807) is 0 Å². The predicted molar refractivity (Wildman–Crippen MR) is 44.1 cm³/mol. The van der Waals surface area contributed by atoms with Gasteiger partial charge in [-0.2, -0.15) is 0 Å². The molecule has 1 aliphatic heterocycles. The number of aliphatic imine (C=N–C) groups is 1. The summed E-state index contributed by atoms with van der Waals surface area (Å²) in [4.78, 5) is 4.11. The van der Waals surface area contributed by atoms with Crippen LogP contribution < -0.4 is 0 Å². The molecule has 0 fully saturated rings. The smallest absolute Gasteiger partial charge is 0.175 e. The van der Waals surface area contributed by atoms with Gasteiger partial charge >= 0.3 is 0 Å². The van der Waals surface area contributed by atoms with E-state index >= 15 is 0 Å². The molecule has 0 aromatic heterocycles. The Morgan fingerprint density at radius 1 is 1.45 bits per heavy atom. The molecule has 0 N–H and O–H groups in total. The molecular weight excluding hydrogens is 138 g/mol. The standard InChI is InChI=1S/C9H9NO/c1-7-2-3-8-5-11-6-10-9(8)4-7/h2-4,6H,5H2,1H3. The molecule has 0 saturated heterocycles. The van der Waals surface area contributed by atoms with Crippen LogP contribution in [0.3, 0.4) is 0 Å². The van der Waals surface area contributed by atoms with Crippen LogP contribution in [-0.4, -0.2) is 6.40 Å². The van der Waals surface area contributed by atoms with Crippen molar-refractivity contribution in [2.45, 2.75) is 13.5 Å². The highest BCUT2D eigenvalue weighted by molar-refractivity contribution is 5.62. The van der Waals surface area contributed by atoms with Crippen molar-refractivity contribution in [3.8, 4) is 0 Å². The van der Waals surface area contributed by atoms with Gasteiger partial charge in [0.25, 0.3) is 0 Å². The summed E-state index contributed by atoms with van der Waals surface area (Å²) in [7, 11) is 0. The second-order valence-electron chi connectivity index (χ2n) is 2.68. The molecule has 56 valence electrons. The summed E-state index contributed by atoms with van der Waals surface area (Å²) < 4.78 is 5.04. The van der Waals surface area contributed by atoms with E-state index in [1.165, 1.54) is 12.0 Å². The summed E-state index contributed by atoms with van der Waals surface area (Å²) in [6.45, 7) is 2.71. The normalized spacial score (nSPS) is 13.9. The monoisotopic (exact) mass is 147 g/mol. The van der Waals surface area contributed by atoms with E-state index in [2.05, 4.69) is 30.1 Å². The molecule has 1 aromatic rings. The number of nitrogens with zero attached hydrogens (tertiary/aromatic N) is 1. The van der Waals surface area contributed by atoms with E-state index in [-0.39, 0.29) is 0 Å². The van der Waals surface area contributed by atoms with Crippen LogP contribution in [0.15, 0.2) is 23.2 Å². The first-order valence-corrected chi connectivity index (χ1v) is 3.60. The molecule has 1 heterocycles. The van der Waals surface area contributed by atoms with Gasteiger partial charge in [0.05, 0.1) is 5.69 Å². The maximum absolute atomic E-state index is 5.04. The van der Waals surface area contributed by atoms with E-state index in [0.29, 0.717) is 6.61 Å². The van der Waals surface area contributed by atoms with Gasteiger partial charge < -0.3 is 4.74 Å². The second kappa shape index (κ2) is 2.38. The summed E-state index contributed by atoms with van der Waals surface area (Å²) >= 11 is 0. The van der Waals surface area contributed by atoms with E-state index in [1.807, 2.05) is 0 Å². The lowest BCUT2D eigenvalue weighted by atomic mass is 10.1. The van der Waals surface area contributed by atoms with Crippen molar-refractivity contribution in [2.24, 2.45) is 4.99 Å².